The Morgan fingerprint density at radius 3 is 2.88 bits per heavy atom. The second-order valence-electron chi connectivity index (χ2n) is 4.77. The molecule has 17 heavy (non-hydrogen) atoms. The molecule has 1 aliphatic heterocycles. The van der Waals surface area contributed by atoms with E-state index in [1.54, 1.807) is 0 Å². The Hall–Kier alpha value is -1.00. The topological polar surface area (TPSA) is 21.3 Å². The molecule has 1 aromatic rings. The van der Waals surface area contributed by atoms with E-state index in [0.717, 1.165) is 18.6 Å². The molecule has 1 N–H and O–H groups in total. The molecule has 0 amide bonds. The zero-order valence-corrected chi connectivity index (χ0v) is 10.1. The molecule has 1 heterocycles. The van der Waals surface area contributed by atoms with Crippen molar-refractivity contribution in [2.24, 2.45) is 0 Å². The van der Waals surface area contributed by atoms with Crippen LogP contribution in [0.25, 0.3) is 0 Å². The Morgan fingerprint density at radius 2 is 2.24 bits per heavy atom. The molecule has 0 saturated carbocycles. The molecular formula is C13H17F2NO. The van der Waals surface area contributed by atoms with Crippen molar-refractivity contribution in [3.05, 3.63) is 35.4 Å². The standard InChI is InChI=1S/C13H17F2NO/c1-9-13(2,5-6-17-9)16-8-10-7-11(14)3-4-12(10)15/h3-4,7,9,16H,5-6,8H2,1-2H3. The first-order valence-corrected chi connectivity index (χ1v) is 5.82. The smallest absolute Gasteiger partial charge is 0.127 e. The van der Waals surface area contributed by atoms with Crippen LogP contribution in [0, 0.1) is 11.6 Å². The quantitative estimate of drug-likeness (QED) is 0.878. The summed E-state index contributed by atoms with van der Waals surface area (Å²) < 4.78 is 31.9. The Kier molecular flexibility index (Phi) is 3.45. The number of benzene rings is 1. The molecule has 1 aromatic carbocycles. The fourth-order valence-corrected chi connectivity index (χ4v) is 2.04. The first kappa shape index (κ1) is 12.5. The zero-order chi connectivity index (χ0) is 12.5. The van der Waals surface area contributed by atoms with Crippen LogP contribution in [0.3, 0.4) is 0 Å². The van der Waals surface area contributed by atoms with E-state index in [1.165, 1.54) is 6.07 Å². The van der Waals surface area contributed by atoms with Gasteiger partial charge in [-0.2, -0.15) is 0 Å². The Morgan fingerprint density at radius 1 is 1.47 bits per heavy atom. The van der Waals surface area contributed by atoms with Gasteiger partial charge in [-0.05, 0) is 38.5 Å². The summed E-state index contributed by atoms with van der Waals surface area (Å²) in [6, 6.07) is 3.51. The SMILES string of the molecule is CC1OCCC1(C)NCc1cc(F)ccc1F. The monoisotopic (exact) mass is 241 g/mol. The summed E-state index contributed by atoms with van der Waals surface area (Å²) in [5, 5.41) is 3.26. The summed E-state index contributed by atoms with van der Waals surface area (Å²) in [5.41, 5.74) is 0.184. The Labute approximate surface area is 100.0 Å². The van der Waals surface area contributed by atoms with Crippen LogP contribution in [-0.2, 0) is 11.3 Å². The first-order valence-electron chi connectivity index (χ1n) is 5.82. The molecule has 2 unspecified atom stereocenters. The van der Waals surface area contributed by atoms with Gasteiger partial charge in [0.25, 0.3) is 0 Å². The maximum atomic E-state index is 13.4. The van der Waals surface area contributed by atoms with Gasteiger partial charge in [0.15, 0.2) is 0 Å². The molecule has 1 saturated heterocycles. The number of hydrogen-bond donors (Lipinski definition) is 1. The second-order valence-corrected chi connectivity index (χ2v) is 4.77. The maximum Gasteiger partial charge on any atom is 0.127 e. The Bertz CT molecular complexity index is 410. The molecule has 94 valence electrons. The van der Waals surface area contributed by atoms with Gasteiger partial charge in [0, 0.05) is 24.3 Å². The molecule has 1 fully saturated rings. The first-order chi connectivity index (χ1) is 8.01. The minimum absolute atomic E-state index is 0.0825. The number of ether oxygens (including phenoxy) is 1. The highest BCUT2D eigenvalue weighted by molar-refractivity contribution is 5.19. The number of halogens is 2. The van der Waals surface area contributed by atoms with E-state index in [1.807, 2.05) is 13.8 Å². The average Bonchev–Trinajstić information content (AvgIpc) is 2.61. The summed E-state index contributed by atoms with van der Waals surface area (Å²) in [7, 11) is 0. The van der Waals surface area contributed by atoms with E-state index in [-0.39, 0.29) is 17.5 Å². The van der Waals surface area contributed by atoms with Gasteiger partial charge in [-0.3, -0.25) is 0 Å². The van der Waals surface area contributed by atoms with Gasteiger partial charge in [0.05, 0.1) is 6.10 Å². The van der Waals surface area contributed by atoms with Gasteiger partial charge in [0.2, 0.25) is 0 Å². The average molecular weight is 241 g/mol. The third-order valence-corrected chi connectivity index (χ3v) is 3.58. The van der Waals surface area contributed by atoms with E-state index in [4.69, 9.17) is 4.74 Å². The number of hydrogen-bond acceptors (Lipinski definition) is 2. The lowest BCUT2D eigenvalue weighted by molar-refractivity contribution is 0.0880. The van der Waals surface area contributed by atoms with Gasteiger partial charge in [0.1, 0.15) is 11.6 Å². The van der Waals surface area contributed by atoms with Crippen molar-refractivity contribution in [3.8, 4) is 0 Å². The number of rotatable bonds is 3. The van der Waals surface area contributed by atoms with Crippen molar-refractivity contribution in [2.45, 2.75) is 38.5 Å². The normalized spacial score (nSPS) is 28.6. The summed E-state index contributed by atoms with van der Waals surface area (Å²) in [6.45, 7) is 5.05. The van der Waals surface area contributed by atoms with Crippen LogP contribution in [0.15, 0.2) is 18.2 Å². The Balaban J connectivity index is 2.04. The second kappa shape index (κ2) is 4.70. The molecule has 0 aliphatic carbocycles. The van der Waals surface area contributed by atoms with Crippen LogP contribution in [0.2, 0.25) is 0 Å². The molecule has 2 nitrogen and oxygen atoms in total. The van der Waals surface area contributed by atoms with Crippen molar-refractivity contribution >= 4 is 0 Å². The zero-order valence-electron chi connectivity index (χ0n) is 10.1. The van der Waals surface area contributed by atoms with Gasteiger partial charge in [-0.15, -0.1) is 0 Å². The lowest BCUT2D eigenvalue weighted by Crippen LogP contribution is -2.47. The largest absolute Gasteiger partial charge is 0.377 e. The molecule has 0 radical (unpaired) electrons. The van der Waals surface area contributed by atoms with Crippen molar-refractivity contribution in [2.75, 3.05) is 6.61 Å². The summed E-state index contributed by atoms with van der Waals surface area (Å²) in [6.07, 6.45) is 0.963. The highest BCUT2D eigenvalue weighted by Gasteiger charge is 2.36. The maximum absolute atomic E-state index is 13.4. The van der Waals surface area contributed by atoms with E-state index >= 15 is 0 Å². The third kappa shape index (κ3) is 2.64. The summed E-state index contributed by atoms with van der Waals surface area (Å²) in [5.74, 6) is -0.793. The van der Waals surface area contributed by atoms with Gasteiger partial charge >= 0.3 is 0 Å². The lowest BCUT2D eigenvalue weighted by Gasteiger charge is -2.29. The van der Waals surface area contributed by atoms with Gasteiger partial charge in [-0.25, -0.2) is 8.78 Å². The van der Waals surface area contributed by atoms with Crippen LogP contribution in [0.5, 0.6) is 0 Å². The molecule has 0 aromatic heterocycles. The van der Waals surface area contributed by atoms with E-state index in [2.05, 4.69) is 5.32 Å². The fraction of sp³-hybridized carbons (Fsp3) is 0.538. The predicted octanol–water partition coefficient (Wildman–Crippen LogP) is 2.62. The van der Waals surface area contributed by atoms with Crippen LogP contribution in [0.1, 0.15) is 25.8 Å². The highest BCUT2D eigenvalue weighted by Crippen LogP contribution is 2.25. The molecule has 2 rings (SSSR count). The minimum atomic E-state index is -0.413. The van der Waals surface area contributed by atoms with Gasteiger partial charge < -0.3 is 10.1 Å². The van der Waals surface area contributed by atoms with Crippen molar-refractivity contribution < 1.29 is 13.5 Å². The van der Waals surface area contributed by atoms with Gasteiger partial charge in [-0.1, -0.05) is 0 Å². The highest BCUT2D eigenvalue weighted by atomic mass is 19.1. The lowest BCUT2D eigenvalue weighted by atomic mass is 9.94. The molecular weight excluding hydrogens is 224 g/mol. The van der Waals surface area contributed by atoms with Crippen LogP contribution in [0.4, 0.5) is 8.78 Å². The van der Waals surface area contributed by atoms with E-state index in [0.29, 0.717) is 18.7 Å². The third-order valence-electron chi connectivity index (χ3n) is 3.58. The summed E-state index contributed by atoms with van der Waals surface area (Å²) in [4.78, 5) is 0. The van der Waals surface area contributed by atoms with Crippen LogP contribution >= 0.6 is 0 Å². The minimum Gasteiger partial charge on any atom is -0.377 e. The van der Waals surface area contributed by atoms with Crippen LogP contribution in [-0.4, -0.2) is 18.2 Å². The molecule has 2 atom stereocenters. The van der Waals surface area contributed by atoms with E-state index in [9.17, 15) is 8.78 Å². The van der Waals surface area contributed by atoms with E-state index < -0.39 is 5.82 Å². The predicted molar refractivity (Wildman–Crippen MR) is 61.6 cm³/mol. The molecule has 0 bridgehead atoms. The fourth-order valence-electron chi connectivity index (χ4n) is 2.04. The molecule has 4 heteroatoms. The van der Waals surface area contributed by atoms with Crippen molar-refractivity contribution in [1.29, 1.82) is 0 Å². The number of nitrogens with one attached hydrogen (secondary N) is 1. The molecule has 0 spiro atoms. The molecule has 1 aliphatic rings. The van der Waals surface area contributed by atoms with Crippen molar-refractivity contribution in [1.82, 2.24) is 5.32 Å². The summed E-state index contributed by atoms with van der Waals surface area (Å²) >= 11 is 0. The van der Waals surface area contributed by atoms with Crippen molar-refractivity contribution in [3.63, 3.8) is 0 Å². The van der Waals surface area contributed by atoms with Crippen LogP contribution < -0.4 is 5.32 Å².